The molecule has 0 spiro atoms. The Morgan fingerprint density at radius 2 is 1.39 bits per heavy atom. The molecule has 0 aliphatic rings. The molecule has 3 nitrogen and oxygen atoms in total. The summed E-state index contributed by atoms with van der Waals surface area (Å²) in [5.74, 6) is -19.7. The van der Waals surface area contributed by atoms with Crippen LogP contribution in [0.5, 0.6) is 0 Å². The predicted molar refractivity (Wildman–Crippen MR) is 35.0 cm³/mol. The summed E-state index contributed by atoms with van der Waals surface area (Å²) < 4.78 is 111. The average molecular weight is 291 g/mol. The van der Waals surface area contributed by atoms with E-state index in [0.29, 0.717) is 0 Å². The van der Waals surface area contributed by atoms with Gasteiger partial charge in [-0.25, -0.2) is 9.18 Å². The van der Waals surface area contributed by atoms with E-state index < -0.39 is 30.6 Å². The highest BCUT2D eigenvalue weighted by molar-refractivity contribution is 5.31. The third-order valence-electron chi connectivity index (χ3n) is 1.58. The summed E-state index contributed by atoms with van der Waals surface area (Å²) in [6, 6.07) is 0. The maximum Gasteiger partial charge on any atom is 0.491 e. The molecule has 0 radical (unpaired) electrons. The van der Waals surface area contributed by atoms with Crippen molar-refractivity contribution >= 4 is 6.08 Å². The Balaban J connectivity index is 5.54. The topological polar surface area (TPSA) is 38.7 Å². The Hall–Kier alpha value is -1.45. The molecule has 0 N–H and O–H groups in total. The van der Waals surface area contributed by atoms with Crippen molar-refractivity contribution in [3.05, 3.63) is 0 Å². The number of hydrogen-bond acceptors (Lipinski definition) is 3. The van der Waals surface area contributed by atoms with Gasteiger partial charge in [0.1, 0.15) is 0 Å². The van der Waals surface area contributed by atoms with E-state index in [9.17, 15) is 44.3 Å². The second-order valence-corrected chi connectivity index (χ2v) is 2.78. The van der Waals surface area contributed by atoms with Gasteiger partial charge in [0.15, 0.2) is 6.67 Å². The second kappa shape index (κ2) is 4.67. The zero-order chi connectivity index (χ0) is 14.8. The van der Waals surface area contributed by atoms with Gasteiger partial charge in [-0.2, -0.15) is 35.1 Å². The largest absolute Gasteiger partial charge is 0.491 e. The molecule has 0 saturated carbocycles. The summed E-state index contributed by atoms with van der Waals surface area (Å²) in [6.45, 7) is -3.32. The minimum absolute atomic E-state index is 0.133. The first-order valence-corrected chi connectivity index (χ1v) is 3.70. The first-order chi connectivity index (χ1) is 7.87. The van der Waals surface area contributed by atoms with Crippen LogP contribution < -0.4 is 0 Å². The van der Waals surface area contributed by atoms with Crippen molar-refractivity contribution in [2.75, 3.05) is 6.67 Å². The molecule has 0 bridgehead atoms. The molecule has 0 fully saturated rings. The van der Waals surface area contributed by atoms with Crippen LogP contribution in [0.3, 0.4) is 0 Å². The molecule has 0 rings (SSSR count). The van der Waals surface area contributed by atoms with Crippen molar-refractivity contribution in [2.45, 2.75) is 23.9 Å². The SMILES string of the molecule is O=C=NOC(F)(F)C(F)(F)C(F)(F)C(F)(F)CF. The van der Waals surface area contributed by atoms with Crippen molar-refractivity contribution < 1.29 is 49.1 Å². The first kappa shape index (κ1) is 16.6. The van der Waals surface area contributed by atoms with E-state index in [2.05, 4.69) is 4.84 Å². The van der Waals surface area contributed by atoms with E-state index in [4.69, 9.17) is 0 Å². The molecular formula is C6H2F9NO2. The van der Waals surface area contributed by atoms with Gasteiger partial charge in [0.25, 0.3) is 6.08 Å². The molecule has 18 heavy (non-hydrogen) atoms. The number of halogens is 9. The molecule has 0 unspecified atom stereocenters. The lowest BCUT2D eigenvalue weighted by atomic mass is 10.0. The summed E-state index contributed by atoms with van der Waals surface area (Å²) in [6.07, 6.45) is -6.14. The van der Waals surface area contributed by atoms with Crippen molar-refractivity contribution in [2.24, 2.45) is 5.16 Å². The minimum atomic E-state index is -6.82. The highest BCUT2D eigenvalue weighted by atomic mass is 19.4. The van der Waals surface area contributed by atoms with Crippen LogP contribution in [0.2, 0.25) is 0 Å². The van der Waals surface area contributed by atoms with Gasteiger partial charge in [0.05, 0.1) is 0 Å². The third kappa shape index (κ3) is 2.37. The predicted octanol–water partition coefficient (Wildman–Crippen LogP) is 2.72. The molecule has 0 aliphatic heterocycles. The molecule has 0 aliphatic carbocycles. The van der Waals surface area contributed by atoms with Gasteiger partial charge in [0.2, 0.25) is 0 Å². The van der Waals surface area contributed by atoms with Crippen molar-refractivity contribution in [3.8, 4) is 0 Å². The van der Waals surface area contributed by atoms with Crippen LogP contribution in [0.4, 0.5) is 39.5 Å². The summed E-state index contributed by atoms with van der Waals surface area (Å²) >= 11 is 0. The van der Waals surface area contributed by atoms with Crippen molar-refractivity contribution in [3.63, 3.8) is 0 Å². The van der Waals surface area contributed by atoms with Crippen LogP contribution in [-0.4, -0.2) is 36.6 Å². The van der Waals surface area contributed by atoms with Gasteiger partial charge in [0, 0.05) is 5.16 Å². The van der Waals surface area contributed by atoms with Crippen LogP contribution in [0.1, 0.15) is 0 Å². The molecule has 0 heterocycles. The van der Waals surface area contributed by atoms with E-state index in [1.165, 1.54) is 5.16 Å². The van der Waals surface area contributed by atoms with Gasteiger partial charge in [-0.3, -0.25) is 0 Å². The van der Waals surface area contributed by atoms with Gasteiger partial charge < -0.3 is 4.84 Å². The summed E-state index contributed by atoms with van der Waals surface area (Å²) in [5, 5.41) is 1.42. The quantitative estimate of drug-likeness (QED) is 0.327. The number of alkyl halides is 9. The van der Waals surface area contributed by atoms with Gasteiger partial charge in [-0.05, 0) is 0 Å². The molecule has 0 aromatic rings. The molecule has 0 amide bonds. The van der Waals surface area contributed by atoms with Gasteiger partial charge in [-0.15, -0.1) is 0 Å². The Bertz CT molecular complexity index is 349. The lowest BCUT2D eigenvalue weighted by Gasteiger charge is -2.33. The molecular weight excluding hydrogens is 289 g/mol. The van der Waals surface area contributed by atoms with Crippen LogP contribution in [-0.2, 0) is 9.63 Å². The molecule has 0 saturated heterocycles. The standard InChI is InChI=1S/C6H2F9NO2/c7-1-3(8,9)4(10,11)5(12,13)6(14,15)18-16-2-17/h1H2. The van der Waals surface area contributed by atoms with E-state index in [-0.39, 0.29) is 6.08 Å². The lowest BCUT2D eigenvalue weighted by Crippen LogP contribution is -2.63. The fraction of sp³-hybridized carbons (Fsp3) is 0.833. The monoisotopic (exact) mass is 291 g/mol. The summed E-state index contributed by atoms with van der Waals surface area (Å²) in [7, 11) is 0. The molecule has 0 aromatic carbocycles. The number of hydrogen-bond donors (Lipinski definition) is 0. The zero-order valence-electron chi connectivity index (χ0n) is 7.87. The number of carbonyl (C=O) groups excluding carboxylic acids is 1. The van der Waals surface area contributed by atoms with E-state index >= 15 is 0 Å². The molecule has 106 valence electrons. The third-order valence-corrected chi connectivity index (χ3v) is 1.58. The summed E-state index contributed by atoms with van der Waals surface area (Å²) in [4.78, 5) is 11.6. The molecule has 0 atom stereocenters. The zero-order valence-corrected chi connectivity index (χ0v) is 7.87. The van der Waals surface area contributed by atoms with Crippen LogP contribution >= 0.6 is 0 Å². The summed E-state index contributed by atoms with van der Waals surface area (Å²) in [5.41, 5.74) is 0. The lowest BCUT2D eigenvalue weighted by molar-refractivity contribution is -0.428. The fourth-order valence-corrected chi connectivity index (χ4v) is 0.630. The Morgan fingerprint density at radius 1 is 0.944 bits per heavy atom. The van der Waals surface area contributed by atoms with E-state index in [1.807, 2.05) is 0 Å². The minimum Gasteiger partial charge on any atom is -0.305 e. The smallest absolute Gasteiger partial charge is 0.305 e. The molecule has 12 heteroatoms. The van der Waals surface area contributed by atoms with Crippen LogP contribution in [0, 0.1) is 0 Å². The highest BCUT2D eigenvalue weighted by Crippen LogP contribution is 2.52. The highest BCUT2D eigenvalue weighted by Gasteiger charge is 2.83. The van der Waals surface area contributed by atoms with Gasteiger partial charge >= 0.3 is 23.9 Å². The maximum atomic E-state index is 12.5. The van der Waals surface area contributed by atoms with Crippen LogP contribution in [0.25, 0.3) is 0 Å². The van der Waals surface area contributed by atoms with E-state index in [0.717, 1.165) is 0 Å². The normalized spacial score (nSPS) is 14.1. The number of rotatable bonds is 6. The maximum absolute atomic E-state index is 12.5. The van der Waals surface area contributed by atoms with Gasteiger partial charge in [-0.1, -0.05) is 0 Å². The number of nitrogens with zero attached hydrogens (tertiary/aromatic N) is 1. The van der Waals surface area contributed by atoms with Crippen molar-refractivity contribution in [1.82, 2.24) is 0 Å². The average Bonchev–Trinajstić information content (AvgIpc) is 2.25. The van der Waals surface area contributed by atoms with E-state index in [1.54, 1.807) is 0 Å². The van der Waals surface area contributed by atoms with Crippen molar-refractivity contribution in [1.29, 1.82) is 0 Å². The Kier molecular flexibility index (Phi) is 4.29. The Morgan fingerprint density at radius 3 is 1.72 bits per heavy atom. The second-order valence-electron chi connectivity index (χ2n) is 2.78. The first-order valence-electron chi connectivity index (χ1n) is 3.70. The molecule has 0 aromatic heterocycles. The van der Waals surface area contributed by atoms with Crippen LogP contribution in [0.15, 0.2) is 5.16 Å². The Labute approximate surface area is 92.2 Å². The fourth-order valence-electron chi connectivity index (χ4n) is 0.630. The number of isocyanates is 1.